The van der Waals surface area contributed by atoms with Gasteiger partial charge < -0.3 is 9.30 Å². The van der Waals surface area contributed by atoms with Gasteiger partial charge in [0.05, 0.1) is 10.2 Å². The highest BCUT2D eigenvalue weighted by atomic mass is 32.2. The van der Waals surface area contributed by atoms with Crippen molar-refractivity contribution in [2.45, 2.75) is 12.2 Å². The number of halogens is 3. The third-order valence-corrected chi connectivity index (χ3v) is 3.80. The van der Waals surface area contributed by atoms with Crippen LogP contribution in [0.25, 0.3) is 10.2 Å². The molecule has 0 saturated carbocycles. The van der Waals surface area contributed by atoms with Crippen LogP contribution in [-0.4, -0.2) is 21.4 Å². The molecular weight excluding hydrogens is 301 g/mol. The first kappa shape index (κ1) is 14.1. The van der Waals surface area contributed by atoms with Gasteiger partial charge >= 0.3 is 6.36 Å². The fraction of sp³-hybridized carbons (Fsp3) is 0.300. The number of benzene rings is 1. The molecule has 0 aliphatic rings. The standard InChI is InChI=1S/C10H9F3N2O2S2/c1-19(16)5-15-7-3-2-6(17-10(11,12)13)4-8(7)18-9(15)14/h2-4,14H,5H2,1H3. The zero-order chi connectivity index (χ0) is 14.2. The van der Waals surface area contributed by atoms with Crippen LogP contribution >= 0.6 is 11.3 Å². The molecule has 1 aromatic carbocycles. The quantitative estimate of drug-likeness (QED) is 0.946. The van der Waals surface area contributed by atoms with Crippen molar-refractivity contribution in [2.24, 2.45) is 0 Å². The van der Waals surface area contributed by atoms with E-state index in [0.29, 0.717) is 10.2 Å². The average molecular weight is 310 g/mol. The first-order valence-electron chi connectivity index (χ1n) is 5.00. The third-order valence-electron chi connectivity index (χ3n) is 2.22. The largest absolute Gasteiger partial charge is 0.573 e. The topological polar surface area (TPSA) is 55.1 Å². The molecule has 0 bridgehead atoms. The minimum atomic E-state index is -4.74. The molecule has 0 amide bonds. The van der Waals surface area contributed by atoms with E-state index in [1.54, 1.807) is 0 Å². The fourth-order valence-corrected chi connectivity index (χ4v) is 3.23. The van der Waals surface area contributed by atoms with Crippen LogP contribution in [0.3, 0.4) is 0 Å². The van der Waals surface area contributed by atoms with E-state index in [4.69, 9.17) is 5.41 Å². The molecule has 1 N–H and O–H groups in total. The number of hydrogen-bond donors (Lipinski definition) is 1. The minimum absolute atomic E-state index is 0.134. The Hall–Kier alpha value is -1.35. The molecule has 1 atom stereocenters. The summed E-state index contributed by atoms with van der Waals surface area (Å²) in [5.74, 6) is -0.191. The Labute approximate surface area is 112 Å². The SMILES string of the molecule is CS(=O)Cn1c(=N)sc2cc(OC(F)(F)F)ccc21. The van der Waals surface area contributed by atoms with Gasteiger partial charge in [0.2, 0.25) is 0 Å². The summed E-state index contributed by atoms with van der Waals surface area (Å²) in [5.41, 5.74) is 0.569. The number of nitrogens with one attached hydrogen (secondary N) is 1. The van der Waals surface area contributed by atoms with Crippen LogP contribution in [0.4, 0.5) is 13.2 Å². The number of rotatable bonds is 3. The number of ether oxygens (including phenoxy) is 1. The molecule has 1 heterocycles. The van der Waals surface area contributed by atoms with Crippen LogP contribution < -0.4 is 9.54 Å². The van der Waals surface area contributed by atoms with Crippen molar-refractivity contribution < 1.29 is 22.1 Å². The van der Waals surface area contributed by atoms with Gasteiger partial charge in [-0.2, -0.15) is 0 Å². The Kier molecular flexibility index (Phi) is 3.68. The summed E-state index contributed by atoms with van der Waals surface area (Å²) in [4.78, 5) is 0.134. The van der Waals surface area contributed by atoms with Crippen molar-refractivity contribution in [1.29, 1.82) is 5.41 Å². The Morgan fingerprint density at radius 2 is 2.16 bits per heavy atom. The number of thiazole rings is 1. The second kappa shape index (κ2) is 4.97. The van der Waals surface area contributed by atoms with E-state index in [2.05, 4.69) is 4.74 Å². The van der Waals surface area contributed by atoms with Crippen LogP contribution in [0.5, 0.6) is 5.75 Å². The van der Waals surface area contributed by atoms with E-state index in [1.807, 2.05) is 0 Å². The molecule has 1 unspecified atom stereocenters. The van der Waals surface area contributed by atoms with Crippen LogP contribution in [0.2, 0.25) is 0 Å². The summed E-state index contributed by atoms with van der Waals surface area (Å²) in [6, 6.07) is 3.83. The lowest BCUT2D eigenvalue weighted by Gasteiger charge is -2.08. The van der Waals surface area contributed by atoms with Crippen molar-refractivity contribution in [3.05, 3.63) is 23.0 Å². The highest BCUT2D eigenvalue weighted by molar-refractivity contribution is 7.83. The number of alkyl halides is 3. The molecule has 4 nitrogen and oxygen atoms in total. The molecule has 19 heavy (non-hydrogen) atoms. The first-order chi connectivity index (χ1) is 8.76. The van der Waals surface area contributed by atoms with Gasteiger partial charge in [-0.3, -0.25) is 9.62 Å². The predicted octanol–water partition coefficient (Wildman–Crippen LogP) is 2.42. The van der Waals surface area contributed by atoms with Gasteiger partial charge in [-0.1, -0.05) is 11.3 Å². The second-order valence-corrected chi connectivity index (χ2v) is 6.15. The van der Waals surface area contributed by atoms with Crippen molar-refractivity contribution >= 4 is 32.4 Å². The van der Waals surface area contributed by atoms with E-state index in [-0.39, 0.29) is 16.4 Å². The summed E-state index contributed by atoms with van der Waals surface area (Å²) < 4.78 is 53.3. The van der Waals surface area contributed by atoms with Crippen LogP contribution in [0, 0.1) is 5.41 Å². The van der Waals surface area contributed by atoms with E-state index in [1.165, 1.54) is 29.0 Å². The van der Waals surface area contributed by atoms with Crippen LogP contribution in [0.1, 0.15) is 0 Å². The zero-order valence-electron chi connectivity index (χ0n) is 9.65. The lowest BCUT2D eigenvalue weighted by molar-refractivity contribution is -0.274. The zero-order valence-corrected chi connectivity index (χ0v) is 11.3. The van der Waals surface area contributed by atoms with E-state index in [9.17, 15) is 17.4 Å². The van der Waals surface area contributed by atoms with Crippen LogP contribution in [0.15, 0.2) is 18.2 Å². The molecule has 1 aromatic heterocycles. The Bertz CT molecular complexity index is 690. The average Bonchev–Trinajstić information content (AvgIpc) is 2.51. The maximum Gasteiger partial charge on any atom is 0.573 e. The summed E-state index contributed by atoms with van der Waals surface area (Å²) in [6.07, 6.45) is -3.24. The summed E-state index contributed by atoms with van der Waals surface area (Å²) in [5, 5.41) is 7.73. The van der Waals surface area contributed by atoms with Gasteiger partial charge in [-0.25, -0.2) is 0 Å². The first-order valence-corrected chi connectivity index (χ1v) is 7.54. The molecule has 0 aliphatic carbocycles. The van der Waals surface area contributed by atoms with Crippen molar-refractivity contribution in [3.8, 4) is 5.75 Å². The lowest BCUT2D eigenvalue weighted by atomic mass is 10.3. The molecular formula is C10H9F3N2O2S2. The molecule has 0 fully saturated rings. The summed E-state index contributed by atoms with van der Waals surface area (Å²) >= 11 is 1.01. The monoisotopic (exact) mass is 310 g/mol. The minimum Gasteiger partial charge on any atom is -0.406 e. The number of aromatic nitrogens is 1. The molecule has 0 spiro atoms. The Morgan fingerprint density at radius 3 is 2.74 bits per heavy atom. The molecule has 0 aliphatic heterocycles. The number of nitrogens with zero attached hydrogens (tertiary/aromatic N) is 1. The van der Waals surface area contributed by atoms with E-state index in [0.717, 1.165) is 11.3 Å². The lowest BCUT2D eigenvalue weighted by Crippen LogP contribution is -2.17. The summed E-state index contributed by atoms with van der Waals surface area (Å²) in [6.45, 7) is 0. The smallest absolute Gasteiger partial charge is 0.406 e. The third kappa shape index (κ3) is 3.35. The maximum atomic E-state index is 12.1. The van der Waals surface area contributed by atoms with Gasteiger partial charge in [-0.15, -0.1) is 13.2 Å². The van der Waals surface area contributed by atoms with Crippen molar-refractivity contribution in [3.63, 3.8) is 0 Å². The van der Waals surface area contributed by atoms with Gasteiger partial charge in [0.25, 0.3) is 0 Å². The maximum absolute atomic E-state index is 12.1. The van der Waals surface area contributed by atoms with Crippen LogP contribution in [-0.2, 0) is 16.7 Å². The van der Waals surface area contributed by atoms with Gasteiger partial charge in [0.1, 0.15) is 11.6 Å². The molecule has 2 aromatic rings. The van der Waals surface area contributed by atoms with Gasteiger partial charge in [0, 0.05) is 17.1 Å². The highest BCUT2D eigenvalue weighted by Gasteiger charge is 2.31. The number of hydrogen-bond acceptors (Lipinski definition) is 4. The normalized spacial score (nSPS) is 13.7. The van der Waals surface area contributed by atoms with Gasteiger partial charge in [-0.05, 0) is 18.2 Å². The predicted molar refractivity (Wildman–Crippen MR) is 66.4 cm³/mol. The van der Waals surface area contributed by atoms with Crippen molar-refractivity contribution in [1.82, 2.24) is 4.57 Å². The number of fused-ring (bicyclic) bond motifs is 1. The molecule has 104 valence electrons. The Morgan fingerprint density at radius 1 is 1.47 bits per heavy atom. The summed E-state index contributed by atoms with van der Waals surface area (Å²) in [7, 11) is -1.14. The highest BCUT2D eigenvalue weighted by Crippen LogP contribution is 2.27. The fourth-order valence-electron chi connectivity index (χ4n) is 1.57. The molecule has 0 saturated heterocycles. The van der Waals surface area contributed by atoms with Crippen molar-refractivity contribution in [2.75, 3.05) is 6.26 Å². The molecule has 0 radical (unpaired) electrons. The molecule has 2 rings (SSSR count). The second-order valence-electron chi connectivity index (χ2n) is 3.71. The Balaban J connectivity index is 2.46. The van der Waals surface area contributed by atoms with E-state index >= 15 is 0 Å². The molecule has 9 heteroatoms. The van der Waals surface area contributed by atoms with E-state index < -0.39 is 17.2 Å². The van der Waals surface area contributed by atoms with Gasteiger partial charge in [0.15, 0.2) is 4.80 Å².